The van der Waals surface area contributed by atoms with E-state index < -0.39 is 0 Å². The number of nitrogens with two attached hydrogens (primary N) is 1. The van der Waals surface area contributed by atoms with E-state index in [1.807, 2.05) is 6.07 Å². The average molecular weight is 248 g/mol. The first-order valence-corrected chi connectivity index (χ1v) is 6.75. The van der Waals surface area contributed by atoms with E-state index >= 15 is 0 Å². The molecule has 0 aliphatic rings. The van der Waals surface area contributed by atoms with E-state index in [4.69, 9.17) is 5.73 Å². The van der Waals surface area contributed by atoms with Crippen molar-refractivity contribution in [1.29, 1.82) is 0 Å². The third-order valence-electron chi connectivity index (χ3n) is 3.13. The number of carbonyl (C=O) groups excluding carboxylic acids is 1. The molecular weight excluding hydrogens is 224 g/mol. The summed E-state index contributed by atoms with van der Waals surface area (Å²) in [5, 5.41) is 2.96. The van der Waals surface area contributed by atoms with Crippen molar-refractivity contribution in [3.05, 3.63) is 35.9 Å². The van der Waals surface area contributed by atoms with Gasteiger partial charge in [0, 0.05) is 13.0 Å². The Kier molecular flexibility index (Phi) is 7.11. The fourth-order valence-corrected chi connectivity index (χ4v) is 1.89. The van der Waals surface area contributed by atoms with Crippen molar-refractivity contribution < 1.29 is 4.79 Å². The number of nitrogens with one attached hydrogen (secondary N) is 1. The SMILES string of the molecule is CC(CCNC(=O)CCCCN)c1ccccc1. The first-order chi connectivity index (χ1) is 8.74. The lowest BCUT2D eigenvalue weighted by molar-refractivity contribution is -0.121. The summed E-state index contributed by atoms with van der Waals surface area (Å²) < 4.78 is 0. The minimum atomic E-state index is 0.142. The predicted octanol–water partition coefficient (Wildman–Crippen LogP) is 2.43. The summed E-state index contributed by atoms with van der Waals surface area (Å²) in [5.41, 5.74) is 6.72. The highest BCUT2D eigenvalue weighted by molar-refractivity contribution is 5.75. The van der Waals surface area contributed by atoms with E-state index in [1.165, 1.54) is 5.56 Å². The standard InChI is InChI=1S/C15H24N2O/c1-13(14-7-3-2-4-8-14)10-12-17-15(18)9-5-6-11-16/h2-4,7-8,13H,5-6,9-12,16H2,1H3,(H,17,18). The van der Waals surface area contributed by atoms with E-state index in [0.29, 0.717) is 18.9 Å². The Morgan fingerprint density at radius 3 is 2.67 bits per heavy atom. The van der Waals surface area contributed by atoms with Gasteiger partial charge in [0.2, 0.25) is 5.91 Å². The smallest absolute Gasteiger partial charge is 0.219 e. The molecule has 0 aliphatic carbocycles. The molecule has 0 fully saturated rings. The first kappa shape index (κ1) is 14.7. The second-order valence-electron chi connectivity index (χ2n) is 4.70. The topological polar surface area (TPSA) is 55.1 Å². The summed E-state index contributed by atoms with van der Waals surface area (Å²) in [4.78, 5) is 11.5. The van der Waals surface area contributed by atoms with E-state index in [0.717, 1.165) is 25.8 Å². The summed E-state index contributed by atoms with van der Waals surface area (Å²) in [6.45, 7) is 3.60. The lowest BCUT2D eigenvalue weighted by Gasteiger charge is -2.12. The number of hydrogen-bond donors (Lipinski definition) is 2. The highest BCUT2D eigenvalue weighted by atomic mass is 16.1. The normalized spacial score (nSPS) is 12.1. The Bertz CT molecular complexity index is 338. The molecule has 1 amide bonds. The molecule has 18 heavy (non-hydrogen) atoms. The maximum atomic E-state index is 11.5. The van der Waals surface area contributed by atoms with Gasteiger partial charge in [-0.25, -0.2) is 0 Å². The van der Waals surface area contributed by atoms with Crippen molar-refractivity contribution in [1.82, 2.24) is 5.32 Å². The molecule has 0 saturated heterocycles. The zero-order chi connectivity index (χ0) is 13.2. The lowest BCUT2D eigenvalue weighted by atomic mass is 9.98. The summed E-state index contributed by atoms with van der Waals surface area (Å²) >= 11 is 0. The molecule has 0 heterocycles. The first-order valence-electron chi connectivity index (χ1n) is 6.75. The second-order valence-corrected chi connectivity index (χ2v) is 4.70. The molecule has 0 spiro atoms. The van der Waals surface area contributed by atoms with E-state index in [9.17, 15) is 4.79 Å². The van der Waals surface area contributed by atoms with Gasteiger partial charge in [0.1, 0.15) is 0 Å². The van der Waals surface area contributed by atoms with Crippen molar-refractivity contribution in [2.24, 2.45) is 5.73 Å². The van der Waals surface area contributed by atoms with Gasteiger partial charge in [-0.3, -0.25) is 4.79 Å². The summed E-state index contributed by atoms with van der Waals surface area (Å²) in [7, 11) is 0. The third kappa shape index (κ3) is 5.82. The third-order valence-corrected chi connectivity index (χ3v) is 3.13. The Labute approximate surface area is 110 Å². The Morgan fingerprint density at radius 2 is 2.00 bits per heavy atom. The van der Waals surface area contributed by atoms with Crippen LogP contribution >= 0.6 is 0 Å². The maximum Gasteiger partial charge on any atom is 0.219 e. The molecule has 0 radical (unpaired) electrons. The van der Waals surface area contributed by atoms with E-state index in [1.54, 1.807) is 0 Å². The lowest BCUT2D eigenvalue weighted by Crippen LogP contribution is -2.25. The van der Waals surface area contributed by atoms with Crippen LogP contribution in [-0.2, 0) is 4.79 Å². The molecule has 3 nitrogen and oxygen atoms in total. The van der Waals surface area contributed by atoms with Crippen LogP contribution in [0.4, 0.5) is 0 Å². The molecule has 100 valence electrons. The molecule has 1 aromatic rings. The van der Waals surface area contributed by atoms with Gasteiger partial charge in [0.25, 0.3) is 0 Å². The molecule has 3 N–H and O–H groups in total. The molecular formula is C15H24N2O. The number of unbranched alkanes of at least 4 members (excludes halogenated alkanes) is 1. The molecule has 1 atom stereocenters. The molecule has 1 unspecified atom stereocenters. The number of rotatable bonds is 8. The highest BCUT2D eigenvalue weighted by Gasteiger charge is 2.05. The summed E-state index contributed by atoms with van der Waals surface area (Å²) in [6, 6.07) is 10.4. The van der Waals surface area contributed by atoms with Crippen molar-refractivity contribution in [3.63, 3.8) is 0 Å². The minimum Gasteiger partial charge on any atom is -0.356 e. The Balaban J connectivity index is 2.16. The van der Waals surface area contributed by atoms with Gasteiger partial charge in [-0.15, -0.1) is 0 Å². The number of carbonyl (C=O) groups is 1. The highest BCUT2D eigenvalue weighted by Crippen LogP contribution is 2.17. The molecule has 3 heteroatoms. The van der Waals surface area contributed by atoms with Crippen LogP contribution in [0.1, 0.15) is 44.1 Å². The minimum absolute atomic E-state index is 0.142. The number of benzene rings is 1. The quantitative estimate of drug-likeness (QED) is 0.694. The van der Waals surface area contributed by atoms with Gasteiger partial charge in [0.05, 0.1) is 0 Å². The number of hydrogen-bond acceptors (Lipinski definition) is 2. The molecule has 1 rings (SSSR count). The van der Waals surface area contributed by atoms with Crippen LogP contribution in [0.25, 0.3) is 0 Å². The fraction of sp³-hybridized carbons (Fsp3) is 0.533. The fourth-order valence-electron chi connectivity index (χ4n) is 1.89. The van der Waals surface area contributed by atoms with Gasteiger partial charge >= 0.3 is 0 Å². The molecule has 0 aromatic heterocycles. The summed E-state index contributed by atoms with van der Waals surface area (Å²) in [5.74, 6) is 0.624. The van der Waals surface area contributed by atoms with Gasteiger partial charge in [-0.2, -0.15) is 0 Å². The molecule has 0 aliphatic heterocycles. The molecule has 1 aromatic carbocycles. The van der Waals surface area contributed by atoms with Crippen LogP contribution < -0.4 is 11.1 Å². The Morgan fingerprint density at radius 1 is 1.28 bits per heavy atom. The monoisotopic (exact) mass is 248 g/mol. The van der Waals surface area contributed by atoms with Crippen molar-refractivity contribution in [3.8, 4) is 0 Å². The van der Waals surface area contributed by atoms with Crippen LogP contribution in [0.3, 0.4) is 0 Å². The Hall–Kier alpha value is -1.35. The van der Waals surface area contributed by atoms with Gasteiger partial charge in [-0.05, 0) is 37.3 Å². The largest absolute Gasteiger partial charge is 0.356 e. The van der Waals surface area contributed by atoms with Crippen LogP contribution in [0.15, 0.2) is 30.3 Å². The van der Waals surface area contributed by atoms with E-state index in [-0.39, 0.29) is 5.91 Å². The average Bonchev–Trinajstić information content (AvgIpc) is 2.40. The zero-order valence-corrected chi connectivity index (χ0v) is 11.2. The van der Waals surface area contributed by atoms with Crippen LogP contribution in [-0.4, -0.2) is 19.0 Å². The molecule has 0 saturated carbocycles. The van der Waals surface area contributed by atoms with Crippen molar-refractivity contribution >= 4 is 5.91 Å². The van der Waals surface area contributed by atoms with Gasteiger partial charge in [0.15, 0.2) is 0 Å². The summed E-state index contributed by atoms with van der Waals surface area (Å²) in [6.07, 6.45) is 3.38. The molecule has 0 bridgehead atoms. The van der Waals surface area contributed by atoms with Crippen LogP contribution in [0, 0.1) is 0 Å². The van der Waals surface area contributed by atoms with E-state index in [2.05, 4.69) is 36.5 Å². The van der Waals surface area contributed by atoms with Gasteiger partial charge in [-0.1, -0.05) is 37.3 Å². The second kappa shape index (κ2) is 8.70. The van der Waals surface area contributed by atoms with Crippen molar-refractivity contribution in [2.75, 3.05) is 13.1 Å². The van der Waals surface area contributed by atoms with Crippen molar-refractivity contribution in [2.45, 2.75) is 38.5 Å². The maximum absolute atomic E-state index is 11.5. The number of amides is 1. The predicted molar refractivity (Wildman–Crippen MR) is 75.4 cm³/mol. The van der Waals surface area contributed by atoms with Crippen LogP contribution in [0.2, 0.25) is 0 Å². The zero-order valence-electron chi connectivity index (χ0n) is 11.2. The van der Waals surface area contributed by atoms with Crippen LogP contribution in [0.5, 0.6) is 0 Å². The van der Waals surface area contributed by atoms with Gasteiger partial charge < -0.3 is 11.1 Å².